The van der Waals surface area contributed by atoms with E-state index in [0.717, 1.165) is 13.8 Å². The van der Waals surface area contributed by atoms with E-state index in [4.69, 9.17) is 0 Å². The minimum atomic E-state index is -5.64. The van der Waals surface area contributed by atoms with Crippen LogP contribution in [0.4, 0.5) is 57.1 Å². The van der Waals surface area contributed by atoms with Crippen LogP contribution in [0, 0.1) is 16.7 Å². The molecule has 4 atom stereocenters. The predicted molar refractivity (Wildman–Crippen MR) is 86.3 cm³/mol. The minimum Gasteiger partial charge on any atom is -0.366 e. The van der Waals surface area contributed by atoms with Gasteiger partial charge in [0.2, 0.25) is 0 Å². The van der Waals surface area contributed by atoms with Gasteiger partial charge in [0.25, 0.3) is 11.8 Å². The summed E-state index contributed by atoms with van der Waals surface area (Å²) in [6, 6.07) is 0. The normalized spacial score (nSPS) is 38.0. The quantitative estimate of drug-likeness (QED) is 0.306. The molecule has 2 rings (SSSR count). The number of ether oxygens (including phenoxy) is 1. The van der Waals surface area contributed by atoms with Crippen LogP contribution in [0.3, 0.4) is 0 Å². The Bertz CT molecular complexity index is 639. The average molecular weight is 502 g/mol. The Labute approximate surface area is 175 Å². The Morgan fingerprint density at radius 2 is 1.19 bits per heavy atom. The fourth-order valence-corrected chi connectivity index (χ4v) is 3.77. The second-order valence-corrected chi connectivity index (χ2v) is 8.95. The summed E-state index contributed by atoms with van der Waals surface area (Å²) in [7, 11) is 0. The summed E-state index contributed by atoms with van der Waals surface area (Å²) >= 11 is 0. The van der Waals surface area contributed by atoms with Gasteiger partial charge in [0.05, 0.1) is 5.41 Å². The van der Waals surface area contributed by atoms with Gasteiger partial charge in [-0.2, -0.15) is 39.5 Å². The van der Waals surface area contributed by atoms with E-state index in [2.05, 4.69) is 4.74 Å². The Morgan fingerprint density at radius 3 is 1.53 bits per heavy atom. The van der Waals surface area contributed by atoms with Gasteiger partial charge in [-0.15, -0.1) is 0 Å². The maximum Gasteiger partial charge on any atom is 0.417 e. The van der Waals surface area contributed by atoms with Crippen molar-refractivity contribution in [2.75, 3.05) is 6.61 Å². The molecule has 2 aliphatic rings. The Hall–Kier alpha value is -0.950. The highest BCUT2D eigenvalue weighted by atomic mass is 19.4. The largest absolute Gasteiger partial charge is 0.417 e. The molecule has 32 heavy (non-hydrogen) atoms. The summed E-state index contributed by atoms with van der Waals surface area (Å²) in [5, 5.41) is 0. The van der Waals surface area contributed by atoms with Gasteiger partial charge in [-0.25, -0.2) is 17.6 Å². The summed E-state index contributed by atoms with van der Waals surface area (Å²) in [5.74, 6) is -10.6. The van der Waals surface area contributed by atoms with Crippen molar-refractivity contribution in [2.24, 2.45) is 16.7 Å². The molecule has 1 aliphatic heterocycles. The zero-order chi connectivity index (χ0) is 25.8. The molecule has 1 nitrogen and oxygen atoms in total. The van der Waals surface area contributed by atoms with Crippen molar-refractivity contribution in [2.45, 2.75) is 89.4 Å². The first-order valence-electron chi connectivity index (χ1n) is 9.39. The molecule has 0 bridgehead atoms. The summed E-state index contributed by atoms with van der Waals surface area (Å²) in [4.78, 5) is 0. The van der Waals surface area contributed by atoms with Crippen molar-refractivity contribution in [3.05, 3.63) is 0 Å². The Morgan fingerprint density at radius 1 is 0.719 bits per heavy atom. The third kappa shape index (κ3) is 4.66. The van der Waals surface area contributed by atoms with E-state index in [1.54, 1.807) is 0 Å². The van der Waals surface area contributed by atoms with Gasteiger partial charge in [0, 0.05) is 18.9 Å². The number of alkyl halides is 13. The molecule has 0 N–H and O–H groups in total. The van der Waals surface area contributed by atoms with Crippen LogP contribution < -0.4 is 0 Å². The van der Waals surface area contributed by atoms with Crippen LogP contribution in [0.2, 0.25) is 0 Å². The van der Waals surface area contributed by atoms with Crippen molar-refractivity contribution in [3.8, 4) is 0 Å². The second-order valence-electron chi connectivity index (χ2n) is 8.95. The SMILES string of the molecule is CC1(C(F)(F)F)C[C@](C)(C(F)(F)F)CCO1.C[C@H]1CCC(F)(F)C(C)(C(F)(F)F)C1(F)F. The zero-order valence-corrected chi connectivity index (χ0v) is 17.4. The molecule has 0 amide bonds. The smallest absolute Gasteiger partial charge is 0.366 e. The summed E-state index contributed by atoms with van der Waals surface area (Å²) in [6.07, 6.45) is -18.4. The number of hydrogen-bond acceptors (Lipinski definition) is 1. The third-order valence-corrected chi connectivity index (χ3v) is 6.56. The molecule has 0 aromatic rings. The van der Waals surface area contributed by atoms with Crippen molar-refractivity contribution < 1.29 is 61.8 Å². The standard InChI is InChI=1S/C9H11F7.C9H12F6O/c1-5-3-4-7(10,11)6(2,8(5,12)13)9(14,15)16;1-6(8(10,11)12)3-4-16-7(2,5-6)9(13,14)15/h5H,3-4H2,1-2H3;3-5H2,1-2H3/t5-,6?;6-,7?/m01/s1. The molecule has 1 saturated carbocycles. The van der Waals surface area contributed by atoms with Gasteiger partial charge in [-0.3, -0.25) is 0 Å². The molecule has 2 fully saturated rings. The van der Waals surface area contributed by atoms with Gasteiger partial charge in [-0.1, -0.05) is 13.8 Å². The maximum absolute atomic E-state index is 13.4. The fraction of sp³-hybridized carbons (Fsp3) is 1.00. The molecule has 1 heterocycles. The van der Waals surface area contributed by atoms with Crippen LogP contribution in [0.15, 0.2) is 0 Å². The van der Waals surface area contributed by atoms with Crippen LogP contribution in [0.5, 0.6) is 0 Å². The summed E-state index contributed by atoms with van der Waals surface area (Å²) in [6.45, 7) is 1.70. The van der Waals surface area contributed by atoms with E-state index < -0.39 is 85.0 Å². The van der Waals surface area contributed by atoms with Crippen molar-refractivity contribution in [3.63, 3.8) is 0 Å². The lowest BCUT2D eigenvalue weighted by Crippen LogP contribution is -2.65. The molecule has 2 unspecified atom stereocenters. The highest BCUT2D eigenvalue weighted by Crippen LogP contribution is 2.64. The molecule has 1 aliphatic carbocycles. The van der Waals surface area contributed by atoms with E-state index in [-0.39, 0.29) is 6.92 Å². The lowest BCUT2D eigenvalue weighted by atomic mass is 9.65. The van der Waals surface area contributed by atoms with Gasteiger partial charge in [-0.05, 0) is 33.1 Å². The molecule has 1 saturated heterocycles. The van der Waals surface area contributed by atoms with E-state index in [1.165, 1.54) is 0 Å². The van der Waals surface area contributed by atoms with Gasteiger partial charge < -0.3 is 4.74 Å². The van der Waals surface area contributed by atoms with E-state index in [0.29, 0.717) is 6.92 Å². The summed E-state index contributed by atoms with van der Waals surface area (Å²) in [5.41, 5.74) is -9.34. The van der Waals surface area contributed by atoms with Crippen molar-refractivity contribution in [1.82, 2.24) is 0 Å². The molecule has 0 spiro atoms. The van der Waals surface area contributed by atoms with Crippen molar-refractivity contribution >= 4 is 0 Å². The topological polar surface area (TPSA) is 9.23 Å². The average Bonchev–Trinajstić information content (AvgIpc) is 2.55. The highest BCUT2D eigenvalue weighted by Gasteiger charge is 2.80. The molecule has 0 aromatic heterocycles. The van der Waals surface area contributed by atoms with Gasteiger partial charge >= 0.3 is 18.5 Å². The van der Waals surface area contributed by atoms with Gasteiger partial charge in [0.1, 0.15) is 0 Å². The molecule has 14 heteroatoms. The van der Waals surface area contributed by atoms with E-state index >= 15 is 0 Å². The Balaban J connectivity index is 0.000000320. The second kappa shape index (κ2) is 8.07. The molecule has 0 radical (unpaired) electrons. The molecular weight excluding hydrogens is 479 g/mol. The summed E-state index contributed by atoms with van der Waals surface area (Å²) < 4.78 is 171. The number of hydrogen-bond donors (Lipinski definition) is 0. The lowest BCUT2D eigenvalue weighted by molar-refractivity contribution is -0.384. The molecule has 192 valence electrons. The molecular formula is C18H23F13O. The minimum absolute atomic E-state index is 0.0946. The maximum atomic E-state index is 13.4. The first-order chi connectivity index (χ1) is 13.8. The third-order valence-electron chi connectivity index (χ3n) is 6.56. The first kappa shape index (κ1) is 29.1. The van der Waals surface area contributed by atoms with Crippen LogP contribution in [-0.2, 0) is 4.74 Å². The fourth-order valence-electron chi connectivity index (χ4n) is 3.77. The van der Waals surface area contributed by atoms with Crippen LogP contribution >= 0.6 is 0 Å². The zero-order valence-electron chi connectivity index (χ0n) is 17.4. The Kier molecular flexibility index (Phi) is 7.34. The van der Waals surface area contributed by atoms with E-state index in [9.17, 15) is 57.1 Å². The van der Waals surface area contributed by atoms with Crippen molar-refractivity contribution in [1.29, 1.82) is 0 Å². The lowest BCUT2D eigenvalue weighted by Gasteiger charge is -2.49. The van der Waals surface area contributed by atoms with E-state index in [1.807, 2.05) is 0 Å². The highest BCUT2D eigenvalue weighted by molar-refractivity contribution is 5.09. The molecule has 0 aromatic carbocycles. The van der Waals surface area contributed by atoms with Crippen LogP contribution in [0.25, 0.3) is 0 Å². The number of halogens is 13. The monoisotopic (exact) mass is 502 g/mol. The predicted octanol–water partition coefficient (Wildman–Crippen LogP) is 7.94. The number of rotatable bonds is 0. The van der Waals surface area contributed by atoms with Gasteiger partial charge in [0.15, 0.2) is 11.0 Å². The first-order valence-corrected chi connectivity index (χ1v) is 9.39. The van der Waals surface area contributed by atoms with Crippen LogP contribution in [-0.4, -0.2) is 42.6 Å². The van der Waals surface area contributed by atoms with Crippen LogP contribution in [0.1, 0.15) is 53.4 Å².